The van der Waals surface area contributed by atoms with Crippen molar-refractivity contribution in [2.24, 2.45) is 5.14 Å². The minimum atomic E-state index is -0.417. The van der Waals surface area contributed by atoms with Crippen LogP contribution in [-0.4, -0.2) is 17.8 Å². The molecule has 1 saturated heterocycles. The van der Waals surface area contributed by atoms with E-state index in [2.05, 4.69) is 6.26 Å². The number of nitrogens with two attached hydrogens (primary N) is 1. The summed E-state index contributed by atoms with van der Waals surface area (Å²) >= 11 is 0. The molecule has 0 aliphatic carbocycles. The molecule has 1 aliphatic rings. The molecule has 0 amide bonds. The molecule has 32 valence electrons. The van der Waals surface area contributed by atoms with Crippen LogP contribution in [0, 0.1) is 0 Å². The van der Waals surface area contributed by atoms with Gasteiger partial charge in [-0.3, -0.25) is 5.14 Å². The molecule has 0 unspecified atom stereocenters. The maximum Gasteiger partial charge on any atom is -0.00267 e. The first-order chi connectivity index (χ1) is 2.21. The van der Waals surface area contributed by atoms with Crippen LogP contribution >= 0.6 is 10.2 Å². The molecule has 1 heterocycles. The molecule has 0 aromatic rings. The lowest BCUT2D eigenvalue weighted by molar-refractivity contribution is 1.75. The smallest absolute Gasteiger partial charge is 0.00267 e. The molecule has 0 atom stereocenters. The van der Waals surface area contributed by atoms with Crippen LogP contribution < -0.4 is 5.14 Å². The van der Waals surface area contributed by atoms with E-state index < -0.39 is 10.2 Å². The third kappa shape index (κ3) is 0.816. The third-order valence-electron chi connectivity index (χ3n) is 0.848. The minimum Gasteiger partial charge on any atom is -0.294 e. The van der Waals surface area contributed by atoms with Gasteiger partial charge in [0.2, 0.25) is 0 Å². The molecule has 0 radical (unpaired) electrons. The highest BCUT2D eigenvalue weighted by atomic mass is 32.3. The van der Waals surface area contributed by atoms with Gasteiger partial charge in [0.25, 0.3) is 0 Å². The van der Waals surface area contributed by atoms with E-state index in [1.807, 2.05) is 0 Å². The van der Waals surface area contributed by atoms with Crippen LogP contribution in [0.1, 0.15) is 0 Å². The normalized spacial score (nSPS) is 36.4. The van der Waals surface area contributed by atoms with Crippen LogP contribution in [0.4, 0.5) is 0 Å². The predicted octanol–water partition coefficient (Wildman–Crippen LogP) is 0.308. The molecule has 5 heavy (non-hydrogen) atoms. The van der Waals surface area contributed by atoms with Crippen molar-refractivity contribution in [2.75, 3.05) is 17.8 Å². The third-order valence-corrected chi connectivity index (χ3v) is 2.54. The Morgan fingerprint density at radius 2 is 1.80 bits per heavy atom. The Balaban J connectivity index is 2.38. The SMILES string of the molecule is CS1(N)CC1. The fourth-order valence-corrected chi connectivity index (χ4v) is 1.18. The quantitative estimate of drug-likeness (QED) is 0.426. The zero-order chi connectivity index (χ0) is 3.91. The van der Waals surface area contributed by atoms with Gasteiger partial charge in [-0.05, 0) is 17.8 Å². The predicted molar refractivity (Wildman–Crippen MR) is 27.4 cm³/mol. The van der Waals surface area contributed by atoms with E-state index in [1.54, 1.807) is 0 Å². The van der Waals surface area contributed by atoms with E-state index in [-0.39, 0.29) is 0 Å². The monoisotopic (exact) mass is 91.0 g/mol. The summed E-state index contributed by atoms with van der Waals surface area (Å²) in [6, 6.07) is 0. The Kier molecular flexibility index (Phi) is 0.478. The summed E-state index contributed by atoms with van der Waals surface area (Å²) in [6.45, 7) is 0. The summed E-state index contributed by atoms with van der Waals surface area (Å²) in [5.74, 6) is 2.62. The number of rotatable bonds is 0. The van der Waals surface area contributed by atoms with Crippen molar-refractivity contribution in [3.63, 3.8) is 0 Å². The molecule has 0 aromatic heterocycles. The van der Waals surface area contributed by atoms with Gasteiger partial charge in [-0.1, -0.05) is 0 Å². The summed E-state index contributed by atoms with van der Waals surface area (Å²) in [5.41, 5.74) is 0. The van der Waals surface area contributed by atoms with Crippen molar-refractivity contribution in [1.29, 1.82) is 0 Å². The molecule has 2 N–H and O–H groups in total. The van der Waals surface area contributed by atoms with E-state index in [4.69, 9.17) is 5.14 Å². The summed E-state index contributed by atoms with van der Waals surface area (Å²) in [6.07, 6.45) is 2.16. The Bertz CT molecular complexity index is 44.9. The van der Waals surface area contributed by atoms with E-state index >= 15 is 0 Å². The molecule has 1 rings (SSSR count). The van der Waals surface area contributed by atoms with Crippen LogP contribution in [0.5, 0.6) is 0 Å². The molecule has 0 saturated carbocycles. The zero-order valence-electron chi connectivity index (χ0n) is 3.40. The highest BCUT2D eigenvalue weighted by molar-refractivity contribution is 8.37. The summed E-state index contributed by atoms with van der Waals surface area (Å²) < 4.78 is 0. The lowest BCUT2D eigenvalue weighted by atomic mass is 11.0. The Hall–Kier alpha value is 0.310. The largest absolute Gasteiger partial charge is 0.294 e. The van der Waals surface area contributed by atoms with Crippen molar-refractivity contribution < 1.29 is 0 Å². The van der Waals surface area contributed by atoms with Gasteiger partial charge in [-0.2, -0.15) is 10.2 Å². The zero-order valence-corrected chi connectivity index (χ0v) is 4.22. The Morgan fingerprint density at radius 1 is 1.60 bits per heavy atom. The first-order valence-electron chi connectivity index (χ1n) is 1.72. The lowest BCUT2D eigenvalue weighted by Gasteiger charge is -1.97. The summed E-state index contributed by atoms with van der Waals surface area (Å²) in [4.78, 5) is 0. The second-order valence-electron chi connectivity index (χ2n) is 1.76. The van der Waals surface area contributed by atoms with Gasteiger partial charge < -0.3 is 0 Å². The van der Waals surface area contributed by atoms with E-state index in [0.717, 1.165) is 0 Å². The van der Waals surface area contributed by atoms with Crippen molar-refractivity contribution in [1.82, 2.24) is 0 Å². The van der Waals surface area contributed by atoms with Gasteiger partial charge in [-0.15, -0.1) is 0 Å². The van der Waals surface area contributed by atoms with Gasteiger partial charge in [-0.25, -0.2) is 0 Å². The van der Waals surface area contributed by atoms with E-state index in [9.17, 15) is 0 Å². The molecule has 2 heteroatoms. The fourth-order valence-electron chi connectivity index (χ4n) is 0.131. The van der Waals surface area contributed by atoms with Crippen LogP contribution in [0.2, 0.25) is 0 Å². The molecule has 0 bridgehead atoms. The molecule has 1 nitrogen and oxygen atoms in total. The highest BCUT2D eigenvalue weighted by Crippen LogP contribution is 2.49. The number of hydrogen-bond donors (Lipinski definition) is 1. The maximum atomic E-state index is 5.55. The molecule has 1 fully saturated rings. The van der Waals surface area contributed by atoms with Crippen molar-refractivity contribution in [3.05, 3.63) is 0 Å². The molecule has 0 spiro atoms. The van der Waals surface area contributed by atoms with E-state index in [0.29, 0.717) is 0 Å². The molecule has 0 aromatic carbocycles. The van der Waals surface area contributed by atoms with Gasteiger partial charge in [0.05, 0.1) is 0 Å². The second kappa shape index (κ2) is 0.684. The van der Waals surface area contributed by atoms with Crippen molar-refractivity contribution in [3.8, 4) is 0 Å². The highest BCUT2D eigenvalue weighted by Gasteiger charge is 2.25. The standard InChI is InChI=1S/C3H9NS/c1-5(4)2-3-5/h2-4H2,1H3. The van der Waals surface area contributed by atoms with Gasteiger partial charge in [0.15, 0.2) is 0 Å². The first kappa shape index (κ1) is 3.50. The van der Waals surface area contributed by atoms with Gasteiger partial charge in [0.1, 0.15) is 0 Å². The van der Waals surface area contributed by atoms with Crippen LogP contribution in [-0.2, 0) is 0 Å². The molecular formula is C3H9NS. The average molecular weight is 91.2 g/mol. The average Bonchev–Trinajstić information content (AvgIpc) is 1.76. The maximum absolute atomic E-state index is 5.55. The second-order valence-corrected chi connectivity index (χ2v) is 5.28. The fraction of sp³-hybridized carbons (Fsp3) is 1.00. The van der Waals surface area contributed by atoms with Gasteiger partial charge >= 0.3 is 0 Å². The lowest BCUT2D eigenvalue weighted by Crippen LogP contribution is -1.87. The van der Waals surface area contributed by atoms with Crippen LogP contribution in [0.25, 0.3) is 0 Å². The molecular weight excluding hydrogens is 82.1 g/mol. The van der Waals surface area contributed by atoms with Crippen molar-refractivity contribution in [2.45, 2.75) is 0 Å². The van der Waals surface area contributed by atoms with Crippen LogP contribution in [0.3, 0.4) is 0 Å². The number of hydrogen-bond acceptors (Lipinski definition) is 1. The molecule has 1 aliphatic heterocycles. The van der Waals surface area contributed by atoms with Gasteiger partial charge in [0, 0.05) is 0 Å². The Labute approximate surface area is 34.0 Å². The summed E-state index contributed by atoms with van der Waals surface area (Å²) in [7, 11) is -0.417. The topological polar surface area (TPSA) is 26.0 Å². The van der Waals surface area contributed by atoms with Crippen molar-refractivity contribution >= 4 is 10.2 Å². The first-order valence-corrected chi connectivity index (χ1v) is 4.16. The van der Waals surface area contributed by atoms with Crippen LogP contribution in [0.15, 0.2) is 0 Å². The minimum absolute atomic E-state index is 0.417. The van der Waals surface area contributed by atoms with E-state index in [1.165, 1.54) is 11.5 Å². The Morgan fingerprint density at radius 3 is 1.80 bits per heavy atom. The summed E-state index contributed by atoms with van der Waals surface area (Å²) in [5, 5.41) is 5.55.